The van der Waals surface area contributed by atoms with Gasteiger partial charge < -0.3 is 15.0 Å². The van der Waals surface area contributed by atoms with Crippen molar-refractivity contribution in [1.82, 2.24) is 19.9 Å². The number of nitrogens with one attached hydrogen (secondary N) is 1. The second kappa shape index (κ2) is 8.76. The first-order valence-electron chi connectivity index (χ1n) is 10.1. The van der Waals surface area contributed by atoms with Crippen LogP contribution in [0.15, 0.2) is 30.5 Å². The lowest BCUT2D eigenvalue weighted by Gasteiger charge is -2.36. The maximum absolute atomic E-state index is 5.51. The van der Waals surface area contributed by atoms with E-state index >= 15 is 0 Å². The van der Waals surface area contributed by atoms with Crippen LogP contribution in [0.2, 0.25) is 0 Å². The molecule has 27 heavy (non-hydrogen) atoms. The minimum absolute atomic E-state index is 0.476. The largest absolute Gasteiger partial charge is 0.381 e. The Morgan fingerprint density at radius 2 is 2.04 bits per heavy atom. The van der Waals surface area contributed by atoms with E-state index < -0.39 is 0 Å². The lowest BCUT2D eigenvalue weighted by Crippen LogP contribution is -2.39. The molecule has 1 atom stereocenters. The van der Waals surface area contributed by atoms with Gasteiger partial charge in [-0.2, -0.15) is 0 Å². The van der Waals surface area contributed by atoms with Crippen molar-refractivity contribution in [2.24, 2.45) is 5.92 Å². The molecule has 2 fully saturated rings. The molecule has 4 heterocycles. The number of piperidine rings is 1. The molecular formula is C21H29N5O. The third-order valence-corrected chi connectivity index (χ3v) is 5.56. The lowest BCUT2D eigenvalue weighted by molar-refractivity contribution is 0.0481. The van der Waals surface area contributed by atoms with Crippen molar-refractivity contribution in [2.45, 2.75) is 38.5 Å². The lowest BCUT2D eigenvalue weighted by atomic mass is 9.92. The molecule has 2 aromatic heterocycles. The summed E-state index contributed by atoms with van der Waals surface area (Å²) >= 11 is 0. The third kappa shape index (κ3) is 5.02. The van der Waals surface area contributed by atoms with Crippen LogP contribution in [0, 0.1) is 12.8 Å². The van der Waals surface area contributed by atoms with Gasteiger partial charge in [0.15, 0.2) is 0 Å². The molecule has 144 valence electrons. The number of nitrogens with zero attached hydrogens (tertiary/aromatic N) is 4. The molecule has 0 radical (unpaired) electrons. The van der Waals surface area contributed by atoms with Crippen LogP contribution in [0.1, 0.15) is 43.1 Å². The molecule has 1 N–H and O–H groups in total. The van der Waals surface area contributed by atoms with E-state index in [1.165, 1.54) is 38.8 Å². The highest BCUT2D eigenvalue weighted by atomic mass is 16.5. The summed E-state index contributed by atoms with van der Waals surface area (Å²) in [4.78, 5) is 16.3. The highest BCUT2D eigenvalue weighted by Crippen LogP contribution is 2.29. The van der Waals surface area contributed by atoms with Gasteiger partial charge >= 0.3 is 0 Å². The van der Waals surface area contributed by atoms with Crippen LogP contribution in [0.25, 0.3) is 0 Å². The molecule has 0 aromatic carbocycles. The summed E-state index contributed by atoms with van der Waals surface area (Å²) in [7, 11) is 0. The number of ether oxygens (including phenoxy) is 1. The van der Waals surface area contributed by atoms with Crippen LogP contribution in [0.4, 0.5) is 11.6 Å². The van der Waals surface area contributed by atoms with Gasteiger partial charge in [-0.25, -0.2) is 15.0 Å². The summed E-state index contributed by atoms with van der Waals surface area (Å²) in [6.45, 7) is 7.32. The van der Waals surface area contributed by atoms with Crippen molar-refractivity contribution in [2.75, 3.05) is 38.2 Å². The predicted molar refractivity (Wildman–Crippen MR) is 106 cm³/mol. The summed E-state index contributed by atoms with van der Waals surface area (Å²) in [6.07, 6.45) is 6.62. The van der Waals surface area contributed by atoms with Gasteiger partial charge in [-0.15, -0.1) is 0 Å². The third-order valence-electron chi connectivity index (χ3n) is 5.56. The highest BCUT2D eigenvalue weighted by Gasteiger charge is 2.25. The Morgan fingerprint density at radius 3 is 2.85 bits per heavy atom. The minimum atomic E-state index is 0.476. The zero-order valence-corrected chi connectivity index (χ0v) is 16.1. The van der Waals surface area contributed by atoms with Crippen LogP contribution in [0.3, 0.4) is 0 Å². The summed E-state index contributed by atoms with van der Waals surface area (Å²) in [6, 6.07) is 7.94. The SMILES string of the molecule is Cc1nc(Nc2ccccn2)cc([C@@H]2CCCN(CC3CCOCC3)C2)n1. The maximum atomic E-state index is 5.51. The van der Waals surface area contributed by atoms with Crippen LogP contribution < -0.4 is 5.32 Å². The number of aryl methyl sites for hydroxylation is 1. The van der Waals surface area contributed by atoms with Crippen LogP contribution in [0.5, 0.6) is 0 Å². The average Bonchev–Trinajstić information content (AvgIpc) is 2.69. The summed E-state index contributed by atoms with van der Waals surface area (Å²) in [5.74, 6) is 3.71. The van der Waals surface area contributed by atoms with E-state index in [1.54, 1.807) is 6.20 Å². The minimum Gasteiger partial charge on any atom is -0.381 e. The number of anilines is 2. The topological polar surface area (TPSA) is 63.2 Å². The molecule has 0 saturated carbocycles. The van der Waals surface area contributed by atoms with Gasteiger partial charge in [-0.3, -0.25) is 0 Å². The highest BCUT2D eigenvalue weighted by molar-refractivity contribution is 5.51. The Kier molecular flexibility index (Phi) is 5.94. The fourth-order valence-corrected chi connectivity index (χ4v) is 4.19. The van der Waals surface area contributed by atoms with Crippen LogP contribution >= 0.6 is 0 Å². The second-order valence-corrected chi connectivity index (χ2v) is 7.72. The molecule has 2 saturated heterocycles. The zero-order chi connectivity index (χ0) is 18.5. The van der Waals surface area contributed by atoms with Crippen LogP contribution in [-0.4, -0.2) is 52.7 Å². The smallest absolute Gasteiger partial charge is 0.135 e. The molecule has 4 rings (SSSR count). The van der Waals surface area contributed by atoms with Crippen molar-refractivity contribution in [3.05, 3.63) is 42.0 Å². The second-order valence-electron chi connectivity index (χ2n) is 7.72. The standard InChI is InChI=1S/C21H29N5O/c1-16-23-19(13-21(24-16)25-20-6-2-3-9-22-20)18-5-4-10-26(15-18)14-17-7-11-27-12-8-17/h2-3,6,9,13,17-18H,4-5,7-8,10-12,14-15H2,1H3,(H,22,23,24,25)/t18-/m1/s1. The fraction of sp³-hybridized carbons (Fsp3) is 0.571. The van der Waals surface area contributed by atoms with Crippen molar-refractivity contribution in [3.8, 4) is 0 Å². The predicted octanol–water partition coefficient (Wildman–Crippen LogP) is 3.53. The monoisotopic (exact) mass is 367 g/mol. The van der Waals surface area contributed by atoms with Crippen LogP contribution in [-0.2, 0) is 4.74 Å². The molecule has 0 amide bonds. The van der Waals surface area contributed by atoms with E-state index in [-0.39, 0.29) is 0 Å². The summed E-state index contributed by atoms with van der Waals surface area (Å²) in [5.41, 5.74) is 1.15. The number of aromatic nitrogens is 3. The fourth-order valence-electron chi connectivity index (χ4n) is 4.19. The Morgan fingerprint density at radius 1 is 1.15 bits per heavy atom. The Hall–Kier alpha value is -2.05. The van der Waals surface area contributed by atoms with E-state index in [2.05, 4.69) is 26.3 Å². The molecule has 6 heteroatoms. The number of rotatable bonds is 5. The Labute approximate surface area is 161 Å². The van der Waals surface area contributed by atoms with E-state index in [1.807, 2.05) is 25.1 Å². The number of hydrogen-bond acceptors (Lipinski definition) is 6. The number of likely N-dealkylation sites (tertiary alicyclic amines) is 1. The van der Waals surface area contributed by atoms with E-state index in [4.69, 9.17) is 9.72 Å². The van der Waals surface area contributed by atoms with Gasteiger partial charge in [-0.05, 0) is 57.2 Å². The summed E-state index contributed by atoms with van der Waals surface area (Å²) < 4.78 is 5.51. The molecule has 0 aliphatic carbocycles. The van der Waals surface area contributed by atoms with E-state index in [0.717, 1.165) is 48.8 Å². The normalized spacial score (nSPS) is 21.9. The molecule has 0 unspecified atom stereocenters. The Balaban J connectivity index is 1.43. The maximum Gasteiger partial charge on any atom is 0.135 e. The zero-order valence-electron chi connectivity index (χ0n) is 16.1. The van der Waals surface area contributed by atoms with Gasteiger partial charge in [0.2, 0.25) is 0 Å². The van der Waals surface area contributed by atoms with E-state index in [0.29, 0.717) is 5.92 Å². The molecule has 2 aliphatic rings. The average molecular weight is 367 g/mol. The number of hydrogen-bond donors (Lipinski definition) is 1. The van der Waals surface area contributed by atoms with Gasteiger partial charge in [-0.1, -0.05) is 6.07 Å². The molecular weight excluding hydrogens is 338 g/mol. The first-order chi connectivity index (χ1) is 13.3. The molecule has 0 spiro atoms. The van der Waals surface area contributed by atoms with Crippen molar-refractivity contribution in [1.29, 1.82) is 0 Å². The van der Waals surface area contributed by atoms with Gasteiger partial charge in [0.1, 0.15) is 17.5 Å². The van der Waals surface area contributed by atoms with Gasteiger partial charge in [0.25, 0.3) is 0 Å². The summed E-state index contributed by atoms with van der Waals surface area (Å²) in [5, 5.41) is 3.31. The van der Waals surface area contributed by atoms with Gasteiger partial charge in [0, 0.05) is 44.5 Å². The molecule has 2 aliphatic heterocycles. The number of pyridine rings is 1. The molecule has 6 nitrogen and oxygen atoms in total. The first-order valence-corrected chi connectivity index (χ1v) is 10.1. The molecule has 0 bridgehead atoms. The van der Waals surface area contributed by atoms with Crippen molar-refractivity contribution < 1.29 is 4.74 Å². The van der Waals surface area contributed by atoms with E-state index in [9.17, 15) is 0 Å². The first kappa shape index (κ1) is 18.3. The van der Waals surface area contributed by atoms with Crippen molar-refractivity contribution in [3.63, 3.8) is 0 Å². The van der Waals surface area contributed by atoms with Gasteiger partial charge in [0.05, 0.1) is 5.69 Å². The molecule has 2 aromatic rings. The van der Waals surface area contributed by atoms with Crippen molar-refractivity contribution >= 4 is 11.6 Å². The quantitative estimate of drug-likeness (QED) is 0.872. The Bertz CT molecular complexity index is 733.